The van der Waals surface area contributed by atoms with E-state index in [1.807, 2.05) is 0 Å². The smallest absolute Gasteiger partial charge is 0.225 e. The van der Waals surface area contributed by atoms with Crippen molar-refractivity contribution in [2.45, 2.75) is 25.2 Å². The molecule has 1 N–H and O–H groups in total. The first kappa shape index (κ1) is 19.8. The highest BCUT2D eigenvalue weighted by molar-refractivity contribution is 7.12. The van der Waals surface area contributed by atoms with Crippen LogP contribution in [0.1, 0.15) is 38.3 Å². The number of hydrogen-bond acceptors (Lipinski definition) is 2. The van der Waals surface area contributed by atoms with E-state index >= 15 is 0 Å². The van der Waals surface area contributed by atoms with E-state index in [0.717, 1.165) is 4.88 Å². The predicted molar refractivity (Wildman–Crippen MR) is 129 cm³/mol. The van der Waals surface area contributed by atoms with E-state index in [1.165, 1.54) is 32.7 Å². The number of hydrogen-bond donors (Lipinski definition) is 1. The van der Waals surface area contributed by atoms with Gasteiger partial charge >= 0.3 is 0 Å². The largest absolute Gasteiger partial charge is 0.355 e. The van der Waals surface area contributed by atoms with Gasteiger partial charge in [-0.15, -0.1) is 11.3 Å². The van der Waals surface area contributed by atoms with E-state index in [2.05, 4.69) is 103 Å². The maximum absolute atomic E-state index is 12.8. The van der Waals surface area contributed by atoms with Crippen LogP contribution in [0.4, 0.5) is 0 Å². The standard InChI is InChI=1S/C28H25NOS/c1-19-15-16-21(31-19)17-27(30)29-18-26(20-9-3-2-4-10-20)28-24-13-7-5-11-22(24)23-12-6-8-14-25(23)28/h2-16,26,28H,17-18H2,1H3,(H,29,30). The van der Waals surface area contributed by atoms with E-state index in [-0.39, 0.29) is 17.7 Å². The molecule has 1 unspecified atom stereocenters. The van der Waals surface area contributed by atoms with Gasteiger partial charge in [-0.05, 0) is 46.9 Å². The van der Waals surface area contributed by atoms with Crippen molar-refractivity contribution in [3.8, 4) is 11.1 Å². The van der Waals surface area contributed by atoms with Gasteiger partial charge in [-0.1, -0.05) is 78.9 Å². The summed E-state index contributed by atoms with van der Waals surface area (Å²) in [6, 6.07) is 32.1. The Morgan fingerprint density at radius 2 is 1.45 bits per heavy atom. The van der Waals surface area contributed by atoms with Crippen molar-refractivity contribution in [2.24, 2.45) is 0 Å². The molecule has 0 bridgehead atoms. The summed E-state index contributed by atoms with van der Waals surface area (Å²) in [6.07, 6.45) is 0.442. The first-order valence-electron chi connectivity index (χ1n) is 10.8. The minimum absolute atomic E-state index is 0.0855. The number of rotatable bonds is 6. The first-order valence-corrected chi connectivity index (χ1v) is 11.6. The lowest BCUT2D eigenvalue weighted by Crippen LogP contribution is -2.31. The summed E-state index contributed by atoms with van der Waals surface area (Å²) in [7, 11) is 0. The van der Waals surface area contributed by atoms with Gasteiger partial charge in [0, 0.05) is 28.1 Å². The minimum atomic E-state index is 0.0855. The molecule has 1 aliphatic rings. The summed E-state index contributed by atoms with van der Waals surface area (Å²) in [5, 5.41) is 3.25. The SMILES string of the molecule is Cc1ccc(CC(=O)NCC(c2ccccc2)C2c3ccccc3-c3ccccc32)s1. The molecule has 3 heteroatoms. The zero-order chi connectivity index (χ0) is 21.2. The number of fused-ring (bicyclic) bond motifs is 3. The normalized spacial score (nSPS) is 13.5. The van der Waals surface area contributed by atoms with Crippen LogP contribution in [-0.2, 0) is 11.2 Å². The van der Waals surface area contributed by atoms with E-state index in [9.17, 15) is 4.79 Å². The number of aryl methyl sites for hydroxylation is 1. The summed E-state index contributed by atoms with van der Waals surface area (Å²) in [5.41, 5.74) is 6.57. The highest BCUT2D eigenvalue weighted by Gasteiger charge is 2.35. The Labute approximate surface area is 187 Å². The molecule has 0 radical (unpaired) electrons. The zero-order valence-electron chi connectivity index (χ0n) is 17.5. The van der Waals surface area contributed by atoms with E-state index in [0.29, 0.717) is 13.0 Å². The van der Waals surface area contributed by atoms with Gasteiger partial charge in [0.1, 0.15) is 0 Å². The lowest BCUT2D eigenvalue weighted by atomic mass is 9.80. The molecule has 154 valence electrons. The zero-order valence-corrected chi connectivity index (χ0v) is 18.4. The predicted octanol–water partition coefficient (Wildman–Crippen LogP) is 6.31. The first-order chi connectivity index (χ1) is 15.2. The lowest BCUT2D eigenvalue weighted by Gasteiger charge is -2.26. The molecule has 1 amide bonds. The summed E-state index contributed by atoms with van der Waals surface area (Å²) in [4.78, 5) is 15.1. The number of carbonyl (C=O) groups excluding carboxylic acids is 1. The van der Waals surface area contributed by atoms with Crippen molar-refractivity contribution in [3.63, 3.8) is 0 Å². The van der Waals surface area contributed by atoms with Crippen molar-refractivity contribution >= 4 is 17.2 Å². The number of thiophene rings is 1. The van der Waals surface area contributed by atoms with E-state index in [4.69, 9.17) is 0 Å². The topological polar surface area (TPSA) is 29.1 Å². The van der Waals surface area contributed by atoms with Gasteiger partial charge < -0.3 is 5.32 Å². The van der Waals surface area contributed by atoms with Crippen LogP contribution in [0, 0.1) is 6.92 Å². The Balaban J connectivity index is 1.47. The average molecular weight is 424 g/mol. The highest BCUT2D eigenvalue weighted by Crippen LogP contribution is 2.50. The van der Waals surface area contributed by atoms with E-state index < -0.39 is 0 Å². The van der Waals surface area contributed by atoms with Crippen LogP contribution in [0.2, 0.25) is 0 Å². The number of nitrogens with one attached hydrogen (secondary N) is 1. The summed E-state index contributed by atoms with van der Waals surface area (Å²) < 4.78 is 0. The molecular formula is C28H25NOS. The van der Waals surface area contributed by atoms with Crippen molar-refractivity contribution in [1.29, 1.82) is 0 Å². The van der Waals surface area contributed by atoms with Crippen LogP contribution in [-0.4, -0.2) is 12.5 Å². The number of benzene rings is 3. The third kappa shape index (κ3) is 3.94. The Bertz CT molecular complexity index is 1160. The van der Waals surface area contributed by atoms with Crippen LogP contribution in [0.25, 0.3) is 11.1 Å². The molecule has 5 rings (SSSR count). The molecule has 31 heavy (non-hydrogen) atoms. The van der Waals surface area contributed by atoms with E-state index in [1.54, 1.807) is 11.3 Å². The van der Waals surface area contributed by atoms with Crippen molar-refractivity contribution in [1.82, 2.24) is 5.32 Å². The van der Waals surface area contributed by atoms with Crippen LogP contribution in [0.3, 0.4) is 0 Å². The monoisotopic (exact) mass is 423 g/mol. The van der Waals surface area contributed by atoms with Gasteiger partial charge in [0.15, 0.2) is 0 Å². The Morgan fingerprint density at radius 1 is 0.839 bits per heavy atom. The fraction of sp³-hybridized carbons (Fsp3) is 0.179. The van der Waals surface area contributed by atoms with Crippen LogP contribution in [0.15, 0.2) is 91.0 Å². The Hall–Kier alpha value is -3.17. The van der Waals surface area contributed by atoms with Gasteiger partial charge in [0.2, 0.25) is 5.91 Å². The van der Waals surface area contributed by atoms with Crippen molar-refractivity contribution < 1.29 is 4.79 Å². The number of amides is 1. The third-order valence-electron chi connectivity index (χ3n) is 6.16. The molecule has 4 aromatic rings. The maximum atomic E-state index is 12.8. The molecular weight excluding hydrogens is 398 g/mol. The number of carbonyl (C=O) groups is 1. The molecule has 0 fully saturated rings. The summed E-state index contributed by atoms with van der Waals surface area (Å²) >= 11 is 1.69. The Morgan fingerprint density at radius 3 is 2.06 bits per heavy atom. The summed E-state index contributed by atoms with van der Waals surface area (Å²) in [6.45, 7) is 2.69. The molecule has 3 aromatic carbocycles. The van der Waals surface area contributed by atoms with Crippen molar-refractivity contribution in [2.75, 3.05) is 6.54 Å². The van der Waals surface area contributed by atoms with Crippen molar-refractivity contribution in [3.05, 3.63) is 117 Å². The fourth-order valence-corrected chi connectivity index (χ4v) is 5.67. The second-order valence-corrected chi connectivity index (χ2v) is 9.54. The molecule has 2 nitrogen and oxygen atoms in total. The fourth-order valence-electron chi connectivity index (χ4n) is 4.78. The molecule has 0 saturated carbocycles. The van der Waals surface area contributed by atoms with Gasteiger partial charge in [0.25, 0.3) is 0 Å². The Kier molecular flexibility index (Phi) is 5.44. The van der Waals surface area contributed by atoms with Crippen LogP contribution < -0.4 is 5.32 Å². The molecule has 1 aliphatic carbocycles. The molecule has 1 heterocycles. The molecule has 0 aliphatic heterocycles. The second-order valence-electron chi connectivity index (χ2n) is 8.16. The molecule has 1 atom stereocenters. The van der Waals surface area contributed by atoms with Crippen LogP contribution >= 0.6 is 11.3 Å². The average Bonchev–Trinajstić information content (AvgIpc) is 3.36. The molecule has 0 spiro atoms. The summed E-state index contributed by atoms with van der Waals surface area (Å²) in [5.74, 6) is 0.474. The van der Waals surface area contributed by atoms with Gasteiger partial charge in [-0.25, -0.2) is 0 Å². The van der Waals surface area contributed by atoms with Crippen LogP contribution in [0.5, 0.6) is 0 Å². The molecule has 1 aromatic heterocycles. The lowest BCUT2D eigenvalue weighted by molar-refractivity contribution is -0.120. The van der Waals surface area contributed by atoms with Gasteiger partial charge in [-0.2, -0.15) is 0 Å². The quantitative estimate of drug-likeness (QED) is 0.387. The molecule has 0 saturated heterocycles. The van der Waals surface area contributed by atoms with Gasteiger partial charge in [-0.3, -0.25) is 4.79 Å². The minimum Gasteiger partial charge on any atom is -0.355 e. The maximum Gasteiger partial charge on any atom is 0.225 e. The second kappa shape index (κ2) is 8.52. The third-order valence-corrected chi connectivity index (χ3v) is 7.16. The van der Waals surface area contributed by atoms with Gasteiger partial charge in [0.05, 0.1) is 6.42 Å². The highest BCUT2D eigenvalue weighted by atomic mass is 32.1.